The van der Waals surface area contributed by atoms with Crippen molar-refractivity contribution in [3.05, 3.63) is 64.5 Å². The number of pyridine rings is 1. The monoisotopic (exact) mass is 517 g/mol. The van der Waals surface area contributed by atoms with Gasteiger partial charge in [-0.25, -0.2) is 23.4 Å². The summed E-state index contributed by atoms with van der Waals surface area (Å²) >= 11 is 0. The van der Waals surface area contributed by atoms with Crippen molar-refractivity contribution in [2.45, 2.75) is 39.7 Å². The highest BCUT2D eigenvalue weighted by molar-refractivity contribution is 5.69. The van der Waals surface area contributed by atoms with Gasteiger partial charge in [-0.1, -0.05) is 19.9 Å². The van der Waals surface area contributed by atoms with Crippen LogP contribution in [0.3, 0.4) is 0 Å². The number of nitriles is 1. The molecule has 0 aliphatic carbocycles. The van der Waals surface area contributed by atoms with E-state index in [-0.39, 0.29) is 17.6 Å². The van der Waals surface area contributed by atoms with E-state index in [0.717, 1.165) is 0 Å². The van der Waals surface area contributed by atoms with Crippen molar-refractivity contribution < 1.29 is 8.91 Å². The molecule has 0 saturated carbocycles. The largest absolute Gasteiger partial charge is 0.352 e. The third kappa shape index (κ3) is 4.63. The zero-order valence-electron chi connectivity index (χ0n) is 21.7. The highest BCUT2D eigenvalue weighted by Crippen LogP contribution is 2.28. The maximum Gasteiger partial charge on any atom is 0.350 e. The molecule has 1 aromatic carbocycles. The molecule has 0 unspecified atom stereocenters. The van der Waals surface area contributed by atoms with Crippen LogP contribution in [0.25, 0.3) is 16.8 Å². The van der Waals surface area contributed by atoms with Gasteiger partial charge in [-0.3, -0.25) is 0 Å². The Bertz CT molecular complexity index is 1560. The van der Waals surface area contributed by atoms with Gasteiger partial charge in [0.05, 0.1) is 17.3 Å². The standard InChI is InChI=1S/C26H28FN9O2/c1-16(2)24-31-25(32-38-24)34-9-7-33(8-10-34)23-19(13-28)11-20(14-29-23)18-5-6-22(21(27)12-18)35-15-30-36(17(3)4)26(35)37/h5-6,11-12,14-17H,7-10H2,1-4H3. The summed E-state index contributed by atoms with van der Waals surface area (Å²) in [5, 5.41) is 18.0. The first-order chi connectivity index (χ1) is 18.3. The number of anilines is 2. The minimum absolute atomic E-state index is 0.107. The Morgan fingerprint density at radius 2 is 1.79 bits per heavy atom. The maximum atomic E-state index is 15.1. The molecule has 0 atom stereocenters. The molecule has 1 fully saturated rings. The summed E-state index contributed by atoms with van der Waals surface area (Å²) in [5.74, 6) is 1.34. The SMILES string of the molecule is CC(C)c1nc(N2CCN(c3ncc(-c4ccc(-n5cnn(C(C)C)c5=O)c(F)c4)cc3C#N)CC2)no1. The van der Waals surface area contributed by atoms with Crippen LogP contribution in [0.5, 0.6) is 0 Å². The highest BCUT2D eigenvalue weighted by Gasteiger charge is 2.24. The summed E-state index contributed by atoms with van der Waals surface area (Å²) in [6, 6.07) is 8.36. The molecule has 1 aliphatic heterocycles. The molecule has 0 bridgehead atoms. The van der Waals surface area contributed by atoms with Gasteiger partial charge in [0.1, 0.15) is 24.0 Å². The molecule has 12 heteroatoms. The molecule has 11 nitrogen and oxygen atoms in total. The van der Waals surface area contributed by atoms with Gasteiger partial charge in [0.15, 0.2) is 0 Å². The number of hydrogen-bond donors (Lipinski definition) is 0. The van der Waals surface area contributed by atoms with Gasteiger partial charge < -0.3 is 14.3 Å². The number of benzene rings is 1. The number of aromatic nitrogens is 6. The van der Waals surface area contributed by atoms with E-state index in [4.69, 9.17) is 4.52 Å². The number of halogens is 1. The Hall–Kier alpha value is -4.53. The molecule has 0 spiro atoms. The van der Waals surface area contributed by atoms with Crippen molar-refractivity contribution in [3.8, 4) is 22.9 Å². The topological polar surface area (TPSA) is 122 Å². The first-order valence-corrected chi connectivity index (χ1v) is 12.5. The first-order valence-electron chi connectivity index (χ1n) is 12.5. The fraction of sp³-hybridized carbons (Fsp3) is 0.385. The van der Waals surface area contributed by atoms with Crippen molar-refractivity contribution in [2.75, 3.05) is 36.0 Å². The number of hydrogen-bond acceptors (Lipinski definition) is 9. The van der Waals surface area contributed by atoms with Crippen LogP contribution >= 0.6 is 0 Å². The van der Waals surface area contributed by atoms with E-state index in [0.29, 0.717) is 60.5 Å². The molecule has 0 radical (unpaired) electrons. The summed E-state index contributed by atoms with van der Waals surface area (Å²) in [5.41, 5.74) is 1.25. The summed E-state index contributed by atoms with van der Waals surface area (Å²) in [6.07, 6.45) is 2.94. The molecule has 196 valence electrons. The van der Waals surface area contributed by atoms with Crippen LogP contribution in [0, 0.1) is 17.1 Å². The number of rotatable bonds is 6. The Labute approximate surface area is 218 Å². The Morgan fingerprint density at radius 3 is 2.39 bits per heavy atom. The molecule has 5 rings (SSSR count). The average Bonchev–Trinajstić information content (AvgIpc) is 3.56. The number of nitrogens with zero attached hydrogens (tertiary/aromatic N) is 9. The quantitative estimate of drug-likeness (QED) is 0.378. The van der Waals surface area contributed by atoms with Crippen LogP contribution in [0.15, 0.2) is 46.1 Å². The van der Waals surface area contributed by atoms with E-state index in [1.165, 1.54) is 27.7 Å². The summed E-state index contributed by atoms with van der Waals surface area (Å²) in [7, 11) is 0. The van der Waals surface area contributed by atoms with E-state index in [1.807, 2.05) is 37.5 Å². The van der Waals surface area contributed by atoms with Gasteiger partial charge in [0, 0.05) is 43.9 Å². The van der Waals surface area contributed by atoms with Gasteiger partial charge >= 0.3 is 5.69 Å². The van der Waals surface area contributed by atoms with Gasteiger partial charge in [0.25, 0.3) is 5.95 Å². The van der Waals surface area contributed by atoms with Gasteiger partial charge in [-0.15, -0.1) is 0 Å². The molecule has 4 heterocycles. The predicted molar refractivity (Wildman–Crippen MR) is 139 cm³/mol. The van der Waals surface area contributed by atoms with Crippen molar-refractivity contribution in [1.82, 2.24) is 29.5 Å². The zero-order valence-corrected chi connectivity index (χ0v) is 21.7. The highest BCUT2D eigenvalue weighted by atomic mass is 19.1. The second-order valence-corrected chi connectivity index (χ2v) is 9.76. The van der Waals surface area contributed by atoms with E-state index in [1.54, 1.807) is 18.3 Å². The molecular weight excluding hydrogens is 489 g/mol. The molecule has 38 heavy (non-hydrogen) atoms. The lowest BCUT2D eigenvalue weighted by Gasteiger charge is -2.35. The van der Waals surface area contributed by atoms with Crippen LogP contribution in [0.2, 0.25) is 0 Å². The number of piperazine rings is 1. The van der Waals surface area contributed by atoms with Crippen LogP contribution in [0.1, 0.15) is 51.1 Å². The van der Waals surface area contributed by atoms with Crippen LogP contribution in [0.4, 0.5) is 16.2 Å². The minimum atomic E-state index is -0.575. The van der Waals surface area contributed by atoms with Gasteiger partial charge in [-0.05, 0) is 42.8 Å². The van der Waals surface area contributed by atoms with Crippen LogP contribution in [-0.4, -0.2) is 55.7 Å². The van der Waals surface area contributed by atoms with E-state index in [2.05, 4.69) is 26.3 Å². The van der Waals surface area contributed by atoms with E-state index in [9.17, 15) is 10.1 Å². The fourth-order valence-corrected chi connectivity index (χ4v) is 4.38. The van der Waals surface area contributed by atoms with Crippen molar-refractivity contribution in [3.63, 3.8) is 0 Å². The van der Waals surface area contributed by atoms with Crippen molar-refractivity contribution in [1.29, 1.82) is 5.26 Å². The molecule has 1 aliphatic rings. The fourth-order valence-electron chi connectivity index (χ4n) is 4.38. The lowest BCUT2D eigenvalue weighted by atomic mass is 10.0. The minimum Gasteiger partial charge on any atom is -0.352 e. The molecule has 4 aromatic rings. The maximum absolute atomic E-state index is 15.1. The molecule has 0 N–H and O–H groups in total. The summed E-state index contributed by atoms with van der Waals surface area (Å²) in [4.78, 5) is 25.7. The lowest BCUT2D eigenvalue weighted by molar-refractivity contribution is 0.364. The molecular formula is C26H28FN9O2. The zero-order chi connectivity index (χ0) is 27.0. The first kappa shape index (κ1) is 25.1. The summed E-state index contributed by atoms with van der Waals surface area (Å²) in [6.45, 7) is 10.2. The van der Waals surface area contributed by atoms with Gasteiger partial charge in [-0.2, -0.15) is 15.3 Å². The van der Waals surface area contributed by atoms with E-state index < -0.39 is 11.5 Å². The second-order valence-electron chi connectivity index (χ2n) is 9.76. The lowest BCUT2D eigenvalue weighted by Crippen LogP contribution is -2.47. The van der Waals surface area contributed by atoms with Crippen LogP contribution in [-0.2, 0) is 0 Å². The van der Waals surface area contributed by atoms with Crippen molar-refractivity contribution >= 4 is 11.8 Å². The van der Waals surface area contributed by atoms with Crippen LogP contribution < -0.4 is 15.5 Å². The Kier molecular flexibility index (Phi) is 6.67. The van der Waals surface area contributed by atoms with E-state index >= 15 is 4.39 Å². The van der Waals surface area contributed by atoms with Gasteiger partial charge in [0.2, 0.25) is 5.89 Å². The second kappa shape index (κ2) is 10.1. The Balaban J connectivity index is 1.34. The van der Waals surface area contributed by atoms with Crippen molar-refractivity contribution in [2.24, 2.45) is 0 Å². The Morgan fingerprint density at radius 1 is 1.05 bits per heavy atom. The molecule has 0 amide bonds. The predicted octanol–water partition coefficient (Wildman–Crippen LogP) is 3.52. The third-order valence-electron chi connectivity index (χ3n) is 6.50. The molecule has 1 saturated heterocycles. The third-order valence-corrected chi connectivity index (χ3v) is 6.50. The summed E-state index contributed by atoms with van der Waals surface area (Å²) < 4.78 is 22.9. The average molecular weight is 518 g/mol. The molecule has 3 aromatic heterocycles. The smallest absolute Gasteiger partial charge is 0.350 e. The normalized spacial score (nSPS) is 13.9.